The van der Waals surface area contributed by atoms with Gasteiger partial charge in [-0.05, 0) is 61.6 Å². The van der Waals surface area contributed by atoms with E-state index in [0.29, 0.717) is 23.4 Å². The number of nitrogens with zero attached hydrogens (tertiary/aromatic N) is 1. The maximum absolute atomic E-state index is 13.1. The fourth-order valence-corrected chi connectivity index (χ4v) is 6.47. The predicted octanol–water partition coefficient (Wildman–Crippen LogP) is 3.65. The van der Waals surface area contributed by atoms with Crippen molar-refractivity contribution >= 4 is 64.1 Å². The quantitative estimate of drug-likeness (QED) is 0.265. The van der Waals surface area contributed by atoms with E-state index in [0.717, 1.165) is 4.90 Å². The van der Waals surface area contributed by atoms with E-state index in [1.54, 1.807) is 18.2 Å². The van der Waals surface area contributed by atoms with Crippen LogP contribution in [0, 0.1) is 23.7 Å². The van der Waals surface area contributed by atoms with Crippen molar-refractivity contribution in [3.05, 3.63) is 59.7 Å². The molecular formula is C26H22Cl2N2O6. The van der Waals surface area contributed by atoms with Crippen LogP contribution in [0.4, 0.5) is 11.4 Å². The predicted molar refractivity (Wildman–Crippen MR) is 132 cm³/mol. The van der Waals surface area contributed by atoms with Crippen LogP contribution in [-0.4, -0.2) is 46.8 Å². The number of benzene rings is 2. The van der Waals surface area contributed by atoms with Gasteiger partial charge in [-0.2, -0.15) is 0 Å². The molecule has 3 aliphatic rings. The molecule has 0 radical (unpaired) electrons. The summed E-state index contributed by atoms with van der Waals surface area (Å²) < 4.78 is 5.07. The lowest BCUT2D eigenvalue weighted by Gasteiger charge is -2.28. The standard InChI is InChI=1S/C26H22Cl2N2O6/c1-12(31)14-3-2-4-15(9-14)29-19(32)11-36-26(35)13-5-7-16(8-6-13)30-24(33)20-17-10-18(21(20)25(30)34)23(28)22(17)27/h2-9,17-18,20-23H,10-11H2,1H3,(H,29,32)/t17-,18-,20-,21-,22-,23+/m1/s1. The fourth-order valence-electron chi connectivity index (χ4n) is 5.58. The highest BCUT2D eigenvalue weighted by Gasteiger charge is 2.66. The van der Waals surface area contributed by atoms with Crippen LogP contribution in [0.15, 0.2) is 48.5 Å². The van der Waals surface area contributed by atoms with Gasteiger partial charge in [0.25, 0.3) is 5.91 Å². The third-order valence-electron chi connectivity index (χ3n) is 7.24. The molecule has 10 heteroatoms. The highest BCUT2D eigenvalue weighted by atomic mass is 35.5. The number of Topliss-reactive ketones (excluding diaryl/α,β-unsaturated/α-hetero) is 1. The molecule has 6 atom stereocenters. The van der Waals surface area contributed by atoms with Crippen LogP contribution in [0.2, 0.25) is 0 Å². The summed E-state index contributed by atoms with van der Waals surface area (Å²) in [5, 5.41) is 1.91. The van der Waals surface area contributed by atoms with Crippen molar-refractivity contribution in [3.8, 4) is 0 Å². The molecule has 8 nitrogen and oxygen atoms in total. The van der Waals surface area contributed by atoms with Crippen molar-refractivity contribution in [1.82, 2.24) is 0 Å². The summed E-state index contributed by atoms with van der Waals surface area (Å²) in [6.07, 6.45) is 0.684. The van der Waals surface area contributed by atoms with Crippen LogP contribution in [0.1, 0.15) is 34.1 Å². The number of carbonyl (C=O) groups excluding carboxylic acids is 5. The number of ketones is 1. The van der Waals surface area contributed by atoms with Gasteiger partial charge in [0, 0.05) is 11.3 Å². The Hall–Kier alpha value is -3.23. The first-order chi connectivity index (χ1) is 17.2. The van der Waals surface area contributed by atoms with E-state index < -0.39 is 30.3 Å². The van der Waals surface area contributed by atoms with Crippen molar-refractivity contribution in [3.63, 3.8) is 0 Å². The third kappa shape index (κ3) is 4.08. The number of nitrogens with one attached hydrogen (secondary N) is 1. The zero-order chi connectivity index (χ0) is 25.7. The van der Waals surface area contributed by atoms with Gasteiger partial charge in [0.2, 0.25) is 11.8 Å². The molecule has 1 N–H and O–H groups in total. The van der Waals surface area contributed by atoms with E-state index in [4.69, 9.17) is 27.9 Å². The van der Waals surface area contributed by atoms with E-state index in [9.17, 15) is 24.0 Å². The smallest absolute Gasteiger partial charge is 0.338 e. The minimum absolute atomic E-state index is 0.115. The van der Waals surface area contributed by atoms with Crippen molar-refractivity contribution in [2.75, 3.05) is 16.8 Å². The zero-order valence-corrected chi connectivity index (χ0v) is 20.7. The molecule has 186 valence electrons. The molecule has 2 saturated carbocycles. The SMILES string of the molecule is CC(=O)c1cccc(NC(=O)COC(=O)c2ccc(N3C(=O)[C@@H]4[C@H]5C[C@@H]([C@@H](Cl)[C@H]5Cl)[C@H]4C3=O)cc2)c1. The second-order valence-electron chi connectivity index (χ2n) is 9.32. The third-order valence-corrected chi connectivity index (χ3v) is 8.55. The maximum atomic E-state index is 13.1. The van der Waals surface area contributed by atoms with Crippen molar-refractivity contribution in [2.45, 2.75) is 24.1 Å². The van der Waals surface area contributed by atoms with Gasteiger partial charge < -0.3 is 10.1 Å². The molecule has 5 rings (SSSR count). The number of rotatable bonds is 6. The van der Waals surface area contributed by atoms with Gasteiger partial charge in [-0.1, -0.05) is 12.1 Å². The second-order valence-corrected chi connectivity index (χ2v) is 10.3. The minimum Gasteiger partial charge on any atom is -0.452 e. The molecule has 3 amide bonds. The van der Waals surface area contributed by atoms with Gasteiger partial charge in [0.15, 0.2) is 12.4 Å². The number of hydrogen-bond donors (Lipinski definition) is 1. The summed E-state index contributed by atoms with van der Waals surface area (Å²) in [6.45, 7) is 0.891. The molecule has 0 unspecified atom stereocenters. The number of imide groups is 1. The van der Waals surface area contributed by atoms with Gasteiger partial charge in [0.05, 0.1) is 33.8 Å². The molecule has 1 heterocycles. The van der Waals surface area contributed by atoms with Crippen LogP contribution >= 0.6 is 23.2 Å². The molecule has 1 aliphatic heterocycles. The Labute approximate surface area is 216 Å². The molecule has 1 saturated heterocycles. The average molecular weight is 529 g/mol. The summed E-state index contributed by atoms with van der Waals surface area (Å²) in [7, 11) is 0. The minimum atomic E-state index is -0.738. The summed E-state index contributed by atoms with van der Waals surface area (Å²) >= 11 is 12.8. The Morgan fingerprint density at radius 3 is 2.14 bits per heavy atom. The molecule has 0 spiro atoms. The number of carbonyl (C=O) groups is 5. The van der Waals surface area contributed by atoms with Gasteiger partial charge in [-0.3, -0.25) is 24.1 Å². The molecule has 0 aromatic heterocycles. The number of alkyl halides is 2. The largest absolute Gasteiger partial charge is 0.452 e. The first-order valence-electron chi connectivity index (χ1n) is 11.5. The Bertz CT molecular complexity index is 1250. The Morgan fingerprint density at radius 1 is 0.944 bits per heavy atom. The Kier molecular flexibility index (Phi) is 6.34. The molecule has 36 heavy (non-hydrogen) atoms. The van der Waals surface area contributed by atoms with Crippen LogP contribution in [0.3, 0.4) is 0 Å². The fraction of sp³-hybridized carbons (Fsp3) is 0.346. The van der Waals surface area contributed by atoms with E-state index in [1.165, 1.54) is 37.3 Å². The highest BCUT2D eigenvalue weighted by molar-refractivity contribution is 6.32. The topological polar surface area (TPSA) is 110 Å². The Balaban J connectivity index is 1.20. The number of anilines is 2. The lowest BCUT2D eigenvalue weighted by atomic mass is 9.80. The van der Waals surface area contributed by atoms with Gasteiger partial charge in [0.1, 0.15) is 0 Å². The van der Waals surface area contributed by atoms with Crippen LogP contribution in [-0.2, 0) is 19.1 Å². The number of ether oxygens (including phenoxy) is 1. The lowest BCUT2D eigenvalue weighted by molar-refractivity contribution is -0.123. The van der Waals surface area contributed by atoms with Gasteiger partial charge >= 0.3 is 5.97 Å². The summed E-state index contributed by atoms with van der Waals surface area (Å²) in [4.78, 5) is 63.4. The highest BCUT2D eigenvalue weighted by Crippen LogP contribution is 2.59. The molecular weight excluding hydrogens is 507 g/mol. The molecule has 2 bridgehead atoms. The summed E-state index contributed by atoms with van der Waals surface area (Å²) in [5.41, 5.74) is 1.37. The number of hydrogen-bond acceptors (Lipinski definition) is 6. The molecule has 2 aromatic carbocycles. The number of halogens is 2. The first-order valence-corrected chi connectivity index (χ1v) is 12.4. The number of esters is 1. The molecule has 2 aliphatic carbocycles. The zero-order valence-electron chi connectivity index (χ0n) is 19.1. The van der Waals surface area contributed by atoms with Gasteiger partial charge in [-0.25, -0.2) is 4.79 Å². The van der Waals surface area contributed by atoms with E-state index in [1.807, 2.05) is 0 Å². The summed E-state index contributed by atoms with van der Waals surface area (Å²) in [5.74, 6) is -3.16. The maximum Gasteiger partial charge on any atom is 0.338 e. The van der Waals surface area contributed by atoms with E-state index >= 15 is 0 Å². The average Bonchev–Trinajstić information content (AvgIpc) is 3.47. The molecule has 3 fully saturated rings. The van der Waals surface area contributed by atoms with Crippen LogP contribution in [0.5, 0.6) is 0 Å². The summed E-state index contributed by atoms with van der Waals surface area (Å²) in [6, 6.07) is 12.3. The van der Waals surface area contributed by atoms with Gasteiger partial charge in [-0.15, -0.1) is 23.2 Å². The van der Waals surface area contributed by atoms with E-state index in [2.05, 4.69) is 5.32 Å². The first kappa shape index (κ1) is 24.5. The number of fused-ring (bicyclic) bond motifs is 5. The van der Waals surface area contributed by atoms with Crippen molar-refractivity contribution in [1.29, 1.82) is 0 Å². The van der Waals surface area contributed by atoms with Crippen molar-refractivity contribution < 1.29 is 28.7 Å². The normalized spacial score (nSPS) is 28.2. The lowest BCUT2D eigenvalue weighted by Crippen LogP contribution is -2.37. The molecule has 2 aromatic rings. The monoisotopic (exact) mass is 528 g/mol. The van der Waals surface area contributed by atoms with Crippen LogP contribution < -0.4 is 10.2 Å². The number of amides is 3. The van der Waals surface area contributed by atoms with Crippen LogP contribution in [0.25, 0.3) is 0 Å². The van der Waals surface area contributed by atoms with E-state index in [-0.39, 0.29) is 45.8 Å². The second kappa shape index (κ2) is 9.33. The Morgan fingerprint density at radius 2 is 1.56 bits per heavy atom. The van der Waals surface area contributed by atoms with Crippen molar-refractivity contribution in [2.24, 2.45) is 23.7 Å².